The van der Waals surface area contributed by atoms with Gasteiger partial charge in [0.15, 0.2) is 0 Å². The molecule has 0 radical (unpaired) electrons. The number of H-pyrrole nitrogens is 1. The van der Waals surface area contributed by atoms with Crippen LogP contribution in [0.25, 0.3) is 0 Å². The molecular formula is C9H8N6O3. The molecule has 1 heterocycles. The van der Waals surface area contributed by atoms with Crippen molar-refractivity contribution >= 4 is 17.5 Å². The molecule has 0 aliphatic heterocycles. The Morgan fingerprint density at radius 2 is 2.28 bits per heavy atom. The predicted octanol–water partition coefficient (Wildman–Crippen LogP) is 0.669. The lowest BCUT2D eigenvalue weighted by Gasteiger charge is -2.04. The predicted molar refractivity (Wildman–Crippen MR) is 60.0 cm³/mol. The van der Waals surface area contributed by atoms with Gasteiger partial charge in [0, 0.05) is 5.56 Å². The van der Waals surface area contributed by atoms with Crippen LogP contribution in [0.15, 0.2) is 18.2 Å². The van der Waals surface area contributed by atoms with Crippen molar-refractivity contribution in [3.8, 4) is 0 Å². The Morgan fingerprint density at radius 1 is 1.50 bits per heavy atom. The Labute approximate surface area is 100 Å². The minimum atomic E-state index is -0.660. The molecule has 18 heavy (non-hydrogen) atoms. The van der Waals surface area contributed by atoms with E-state index in [1.807, 2.05) is 0 Å². The molecule has 0 aliphatic rings. The van der Waals surface area contributed by atoms with Gasteiger partial charge in [0.05, 0.1) is 4.92 Å². The van der Waals surface area contributed by atoms with E-state index in [4.69, 9.17) is 0 Å². The van der Waals surface area contributed by atoms with Gasteiger partial charge in [-0.1, -0.05) is 17.2 Å². The average molecular weight is 248 g/mol. The second-order valence-electron chi connectivity index (χ2n) is 3.42. The molecule has 2 aromatic rings. The van der Waals surface area contributed by atoms with Crippen molar-refractivity contribution in [3.05, 3.63) is 39.4 Å². The molecule has 2 rings (SSSR count). The zero-order chi connectivity index (χ0) is 13.1. The summed E-state index contributed by atoms with van der Waals surface area (Å²) < 4.78 is 0. The molecular weight excluding hydrogens is 240 g/mol. The van der Waals surface area contributed by atoms with Gasteiger partial charge in [0.25, 0.3) is 17.5 Å². The summed E-state index contributed by atoms with van der Waals surface area (Å²) in [4.78, 5) is 22.2. The number of nitrogens with zero attached hydrogens (tertiary/aromatic N) is 4. The normalized spacial score (nSPS) is 10.1. The van der Waals surface area contributed by atoms with E-state index < -0.39 is 10.8 Å². The molecule has 0 saturated heterocycles. The first-order valence-electron chi connectivity index (χ1n) is 4.88. The third-order valence-electron chi connectivity index (χ3n) is 2.24. The number of benzene rings is 1. The number of aromatic nitrogens is 4. The number of anilines is 1. The highest BCUT2D eigenvalue weighted by atomic mass is 16.6. The largest absolute Gasteiger partial charge is 0.288 e. The van der Waals surface area contributed by atoms with Gasteiger partial charge in [-0.05, 0) is 18.2 Å². The Balaban J connectivity index is 2.36. The highest BCUT2D eigenvalue weighted by molar-refractivity contribution is 6.06. The fraction of sp³-hybridized carbons (Fsp3) is 0.111. The van der Waals surface area contributed by atoms with E-state index in [1.165, 1.54) is 6.07 Å². The molecule has 0 fully saturated rings. The van der Waals surface area contributed by atoms with E-state index in [0.29, 0.717) is 5.56 Å². The SMILES string of the molecule is Cc1cccc(C(=O)Nc2nn[nH]n2)c1[N+](=O)[O-]. The van der Waals surface area contributed by atoms with Crippen LogP contribution in [-0.4, -0.2) is 31.5 Å². The van der Waals surface area contributed by atoms with Gasteiger partial charge >= 0.3 is 0 Å². The maximum Gasteiger partial charge on any atom is 0.285 e. The number of carbonyl (C=O) groups excluding carboxylic acids is 1. The van der Waals surface area contributed by atoms with Gasteiger partial charge in [-0.15, -0.1) is 5.10 Å². The van der Waals surface area contributed by atoms with Crippen LogP contribution < -0.4 is 5.32 Å². The molecule has 9 nitrogen and oxygen atoms in total. The number of carbonyl (C=O) groups is 1. The summed E-state index contributed by atoms with van der Waals surface area (Å²) in [7, 11) is 0. The van der Waals surface area contributed by atoms with Crippen molar-refractivity contribution in [3.63, 3.8) is 0 Å². The van der Waals surface area contributed by atoms with Crippen molar-refractivity contribution in [2.75, 3.05) is 5.32 Å². The summed E-state index contributed by atoms with van der Waals surface area (Å²) in [6.45, 7) is 1.56. The van der Waals surface area contributed by atoms with Crippen molar-refractivity contribution in [1.82, 2.24) is 20.6 Å². The maximum absolute atomic E-state index is 11.9. The first-order chi connectivity index (χ1) is 8.59. The van der Waals surface area contributed by atoms with Gasteiger partial charge in [0.1, 0.15) is 5.56 Å². The Morgan fingerprint density at radius 3 is 2.89 bits per heavy atom. The van der Waals surface area contributed by atoms with Crippen LogP contribution >= 0.6 is 0 Å². The van der Waals surface area contributed by atoms with Crippen molar-refractivity contribution in [1.29, 1.82) is 0 Å². The van der Waals surface area contributed by atoms with Gasteiger partial charge in [0.2, 0.25) is 0 Å². The molecule has 92 valence electrons. The number of aryl methyl sites for hydroxylation is 1. The first kappa shape index (κ1) is 11.6. The Kier molecular flexibility index (Phi) is 2.96. The summed E-state index contributed by atoms with van der Waals surface area (Å²) in [6, 6.07) is 4.48. The lowest BCUT2D eigenvalue weighted by molar-refractivity contribution is -0.385. The van der Waals surface area contributed by atoms with E-state index in [2.05, 4.69) is 25.9 Å². The topological polar surface area (TPSA) is 127 Å². The molecule has 1 amide bonds. The zero-order valence-corrected chi connectivity index (χ0v) is 9.25. The number of nitro benzene ring substituents is 1. The molecule has 0 unspecified atom stereocenters. The van der Waals surface area contributed by atoms with Crippen LogP contribution in [0.3, 0.4) is 0 Å². The monoisotopic (exact) mass is 248 g/mol. The van der Waals surface area contributed by atoms with Crippen molar-refractivity contribution < 1.29 is 9.72 Å². The van der Waals surface area contributed by atoms with Gasteiger partial charge in [-0.3, -0.25) is 20.2 Å². The van der Waals surface area contributed by atoms with Crippen LogP contribution in [0.5, 0.6) is 0 Å². The average Bonchev–Trinajstić information content (AvgIpc) is 2.80. The maximum atomic E-state index is 11.9. The first-order valence-corrected chi connectivity index (χ1v) is 4.88. The molecule has 0 atom stereocenters. The van der Waals surface area contributed by atoms with Gasteiger partial charge < -0.3 is 0 Å². The standard InChI is InChI=1S/C9H8N6O3/c1-5-3-2-4-6(7(5)15(17)18)8(16)10-9-11-13-14-12-9/h2-4H,1H3,(H2,10,11,12,13,14,16). The Bertz CT molecular complexity index is 594. The van der Waals surface area contributed by atoms with Gasteiger partial charge in [-0.25, -0.2) is 0 Å². The fourth-order valence-corrected chi connectivity index (χ4v) is 1.47. The summed E-state index contributed by atoms with van der Waals surface area (Å²) >= 11 is 0. The van der Waals surface area contributed by atoms with Crippen LogP contribution in [0, 0.1) is 17.0 Å². The lowest BCUT2D eigenvalue weighted by Crippen LogP contribution is -2.15. The molecule has 1 aromatic carbocycles. The summed E-state index contributed by atoms with van der Waals surface area (Å²) in [5, 5.41) is 25.7. The molecule has 2 N–H and O–H groups in total. The van der Waals surface area contributed by atoms with Crippen LogP contribution in [-0.2, 0) is 0 Å². The molecule has 9 heteroatoms. The van der Waals surface area contributed by atoms with E-state index in [1.54, 1.807) is 19.1 Å². The molecule has 0 bridgehead atoms. The quantitative estimate of drug-likeness (QED) is 0.607. The number of nitro groups is 1. The van der Waals surface area contributed by atoms with E-state index >= 15 is 0 Å². The smallest absolute Gasteiger partial charge is 0.285 e. The summed E-state index contributed by atoms with van der Waals surface area (Å²) in [5.74, 6) is -0.706. The summed E-state index contributed by atoms with van der Waals surface area (Å²) in [5.41, 5.74) is 0.115. The minimum absolute atomic E-state index is 0.0456. The lowest BCUT2D eigenvalue weighted by atomic mass is 10.1. The van der Waals surface area contributed by atoms with E-state index in [9.17, 15) is 14.9 Å². The van der Waals surface area contributed by atoms with Crippen LogP contribution in [0.2, 0.25) is 0 Å². The number of rotatable bonds is 3. The number of amides is 1. The van der Waals surface area contributed by atoms with Gasteiger partial charge in [-0.2, -0.15) is 5.21 Å². The zero-order valence-electron chi connectivity index (χ0n) is 9.25. The van der Waals surface area contributed by atoms with Crippen LogP contribution in [0.4, 0.5) is 11.6 Å². The molecule has 0 aliphatic carbocycles. The second-order valence-corrected chi connectivity index (χ2v) is 3.42. The fourth-order valence-electron chi connectivity index (χ4n) is 1.47. The number of hydrogen-bond acceptors (Lipinski definition) is 6. The Hall–Kier alpha value is -2.84. The van der Waals surface area contributed by atoms with Crippen molar-refractivity contribution in [2.24, 2.45) is 0 Å². The number of hydrogen-bond donors (Lipinski definition) is 2. The van der Waals surface area contributed by atoms with Crippen molar-refractivity contribution in [2.45, 2.75) is 6.92 Å². The minimum Gasteiger partial charge on any atom is -0.288 e. The molecule has 0 spiro atoms. The number of para-hydroxylation sites is 1. The third-order valence-corrected chi connectivity index (χ3v) is 2.24. The number of aromatic amines is 1. The van der Waals surface area contributed by atoms with Crippen LogP contribution in [0.1, 0.15) is 15.9 Å². The molecule has 0 saturated carbocycles. The number of tetrazole rings is 1. The van der Waals surface area contributed by atoms with E-state index in [0.717, 1.165) is 0 Å². The highest BCUT2D eigenvalue weighted by Crippen LogP contribution is 2.23. The second kappa shape index (κ2) is 4.57. The van der Waals surface area contributed by atoms with E-state index in [-0.39, 0.29) is 17.2 Å². The summed E-state index contributed by atoms with van der Waals surface area (Å²) in [6.07, 6.45) is 0. The highest BCUT2D eigenvalue weighted by Gasteiger charge is 2.22. The third kappa shape index (κ3) is 2.14. The molecule has 1 aromatic heterocycles. The number of nitrogens with one attached hydrogen (secondary N) is 2.